The summed E-state index contributed by atoms with van der Waals surface area (Å²) < 4.78 is 4.88. The maximum atomic E-state index is 12.2. The third-order valence-corrected chi connectivity index (χ3v) is 2.80. The Balaban J connectivity index is 2.52. The number of hydrogen-bond acceptors (Lipinski definition) is 5. The molecule has 116 valence electrons. The zero-order chi connectivity index (χ0) is 15.8. The summed E-state index contributed by atoms with van der Waals surface area (Å²) in [5.74, 6) is -0.528. The van der Waals surface area contributed by atoms with Crippen molar-refractivity contribution < 1.29 is 14.3 Å². The second kappa shape index (κ2) is 8.11. The SMILES string of the molecule is COCCCNC(=O)CN(C)C(=O)c1cc(N)cc(N)c1. The lowest BCUT2D eigenvalue weighted by molar-refractivity contribution is -0.121. The van der Waals surface area contributed by atoms with Crippen LogP contribution in [0.15, 0.2) is 18.2 Å². The van der Waals surface area contributed by atoms with Crippen LogP contribution < -0.4 is 16.8 Å². The summed E-state index contributed by atoms with van der Waals surface area (Å²) in [5, 5.41) is 2.72. The second-order valence-electron chi connectivity index (χ2n) is 4.75. The zero-order valence-electron chi connectivity index (χ0n) is 12.4. The molecule has 2 amide bonds. The minimum absolute atomic E-state index is 0.0273. The number of nitrogens with two attached hydrogens (primary N) is 2. The van der Waals surface area contributed by atoms with Gasteiger partial charge in [0.25, 0.3) is 5.91 Å². The molecule has 0 aromatic heterocycles. The molecule has 1 aromatic rings. The molecule has 21 heavy (non-hydrogen) atoms. The van der Waals surface area contributed by atoms with Crippen LogP contribution in [0.3, 0.4) is 0 Å². The first-order valence-electron chi connectivity index (χ1n) is 6.61. The van der Waals surface area contributed by atoms with Gasteiger partial charge in [0.05, 0.1) is 6.54 Å². The molecule has 0 heterocycles. The monoisotopic (exact) mass is 294 g/mol. The number of nitrogens with one attached hydrogen (secondary N) is 1. The Morgan fingerprint density at radius 1 is 1.24 bits per heavy atom. The summed E-state index contributed by atoms with van der Waals surface area (Å²) in [6, 6.07) is 4.64. The molecule has 0 unspecified atom stereocenters. The van der Waals surface area contributed by atoms with E-state index in [1.54, 1.807) is 20.2 Å². The van der Waals surface area contributed by atoms with Crippen molar-refractivity contribution in [3.05, 3.63) is 23.8 Å². The number of amides is 2. The fraction of sp³-hybridized carbons (Fsp3) is 0.429. The van der Waals surface area contributed by atoms with Crippen LogP contribution in [0.25, 0.3) is 0 Å². The minimum Gasteiger partial charge on any atom is -0.399 e. The lowest BCUT2D eigenvalue weighted by Crippen LogP contribution is -2.38. The first kappa shape index (κ1) is 16.8. The fourth-order valence-electron chi connectivity index (χ4n) is 1.81. The number of nitrogens with zero attached hydrogens (tertiary/aromatic N) is 1. The number of likely N-dealkylation sites (N-methyl/N-ethyl adjacent to an activating group) is 1. The van der Waals surface area contributed by atoms with Crippen molar-refractivity contribution in [1.29, 1.82) is 0 Å². The van der Waals surface area contributed by atoms with Crippen molar-refractivity contribution in [3.63, 3.8) is 0 Å². The Morgan fingerprint density at radius 3 is 2.43 bits per heavy atom. The topological polar surface area (TPSA) is 111 Å². The number of benzene rings is 1. The average Bonchev–Trinajstić information content (AvgIpc) is 2.41. The number of methoxy groups -OCH3 is 1. The van der Waals surface area contributed by atoms with Crippen LogP contribution in [0.5, 0.6) is 0 Å². The number of carbonyl (C=O) groups is 2. The smallest absolute Gasteiger partial charge is 0.254 e. The molecule has 0 aliphatic rings. The van der Waals surface area contributed by atoms with Crippen molar-refractivity contribution in [1.82, 2.24) is 10.2 Å². The van der Waals surface area contributed by atoms with E-state index in [0.717, 1.165) is 6.42 Å². The van der Waals surface area contributed by atoms with Crippen LogP contribution in [0.4, 0.5) is 11.4 Å². The van der Waals surface area contributed by atoms with E-state index >= 15 is 0 Å². The summed E-state index contributed by atoms with van der Waals surface area (Å²) in [7, 11) is 3.15. The van der Waals surface area contributed by atoms with Gasteiger partial charge in [0, 0.05) is 44.2 Å². The van der Waals surface area contributed by atoms with Gasteiger partial charge in [-0.3, -0.25) is 9.59 Å². The fourth-order valence-corrected chi connectivity index (χ4v) is 1.81. The predicted molar refractivity (Wildman–Crippen MR) is 81.7 cm³/mol. The molecular weight excluding hydrogens is 272 g/mol. The molecule has 0 radical (unpaired) electrons. The molecule has 7 heteroatoms. The van der Waals surface area contributed by atoms with Crippen LogP contribution in [-0.4, -0.2) is 50.6 Å². The molecule has 1 rings (SSSR count). The zero-order valence-corrected chi connectivity index (χ0v) is 12.4. The van der Waals surface area contributed by atoms with Gasteiger partial charge in [0.1, 0.15) is 0 Å². The van der Waals surface area contributed by atoms with Crippen LogP contribution in [0.2, 0.25) is 0 Å². The van der Waals surface area contributed by atoms with Crippen LogP contribution in [0, 0.1) is 0 Å². The molecule has 0 saturated carbocycles. The number of hydrogen-bond donors (Lipinski definition) is 3. The van der Waals surface area contributed by atoms with Crippen molar-refractivity contribution in [2.75, 3.05) is 45.3 Å². The molecule has 5 N–H and O–H groups in total. The van der Waals surface area contributed by atoms with Gasteiger partial charge in [-0.05, 0) is 24.6 Å². The molecule has 0 bridgehead atoms. The van der Waals surface area contributed by atoms with Crippen molar-refractivity contribution in [2.24, 2.45) is 0 Å². The molecule has 1 aromatic carbocycles. The summed E-state index contributed by atoms with van der Waals surface area (Å²) in [6.45, 7) is 1.07. The van der Waals surface area contributed by atoms with Gasteiger partial charge in [0.15, 0.2) is 0 Å². The molecular formula is C14H22N4O3. The highest BCUT2D eigenvalue weighted by Crippen LogP contribution is 2.14. The van der Waals surface area contributed by atoms with Crippen LogP contribution in [0.1, 0.15) is 16.8 Å². The average molecular weight is 294 g/mol. The van der Waals surface area contributed by atoms with Crippen molar-refractivity contribution in [3.8, 4) is 0 Å². The Kier molecular flexibility index (Phi) is 6.48. The predicted octanol–water partition coefficient (Wildman–Crippen LogP) is 0.0757. The second-order valence-corrected chi connectivity index (χ2v) is 4.75. The number of carbonyl (C=O) groups excluding carboxylic acids is 2. The first-order valence-corrected chi connectivity index (χ1v) is 6.61. The van der Waals surface area contributed by atoms with E-state index in [2.05, 4.69) is 5.32 Å². The molecule has 0 fully saturated rings. The normalized spacial score (nSPS) is 10.2. The molecule has 0 spiro atoms. The third kappa shape index (κ3) is 5.70. The van der Waals surface area contributed by atoms with E-state index in [4.69, 9.17) is 16.2 Å². The lowest BCUT2D eigenvalue weighted by atomic mass is 10.1. The number of rotatable bonds is 7. The number of anilines is 2. The molecule has 7 nitrogen and oxygen atoms in total. The first-order chi connectivity index (χ1) is 9.93. The molecule has 0 atom stereocenters. The van der Waals surface area contributed by atoms with Gasteiger partial charge in [0.2, 0.25) is 5.91 Å². The van der Waals surface area contributed by atoms with Gasteiger partial charge in [-0.2, -0.15) is 0 Å². The summed E-state index contributed by atoms with van der Waals surface area (Å²) >= 11 is 0. The largest absolute Gasteiger partial charge is 0.399 e. The quantitative estimate of drug-likeness (QED) is 0.487. The summed E-state index contributed by atoms with van der Waals surface area (Å²) in [4.78, 5) is 25.2. The van der Waals surface area contributed by atoms with E-state index in [-0.39, 0.29) is 18.4 Å². The summed E-state index contributed by atoms with van der Waals surface area (Å²) in [5.41, 5.74) is 12.5. The third-order valence-electron chi connectivity index (χ3n) is 2.80. The lowest BCUT2D eigenvalue weighted by Gasteiger charge is -2.17. The van der Waals surface area contributed by atoms with E-state index in [9.17, 15) is 9.59 Å². The van der Waals surface area contributed by atoms with Crippen LogP contribution in [-0.2, 0) is 9.53 Å². The van der Waals surface area contributed by atoms with E-state index in [0.29, 0.717) is 30.1 Å². The Labute approximate surface area is 124 Å². The Bertz CT molecular complexity index is 485. The molecule has 0 aliphatic carbocycles. The van der Waals surface area contributed by atoms with Gasteiger partial charge in [-0.15, -0.1) is 0 Å². The van der Waals surface area contributed by atoms with Gasteiger partial charge >= 0.3 is 0 Å². The van der Waals surface area contributed by atoms with E-state index in [1.807, 2.05) is 0 Å². The van der Waals surface area contributed by atoms with Gasteiger partial charge < -0.3 is 26.4 Å². The van der Waals surface area contributed by atoms with Crippen LogP contribution >= 0.6 is 0 Å². The molecule has 0 aliphatic heterocycles. The van der Waals surface area contributed by atoms with E-state index < -0.39 is 0 Å². The maximum Gasteiger partial charge on any atom is 0.254 e. The van der Waals surface area contributed by atoms with E-state index in [1.165, 1.54) is 17.0 Å². The minimum atomic E-state index is -0.305. The van der Waals surface area contributed by atoms with Gasteiger partial charge in [-0.25, -0.2) is 0 Å². The maximum absolute atomic E-state index is 12.2. The van der Waals surface area contributed by atoms with Crippen molar-refractivity contribution in [2.45, 2.75) is 6.42 Å². The Hall–Kier alpha value is -2.28. The Morgan fingerprint density at radius 2 is 1.86 bits per heavy atom. The summed E-state index contributed by atoms with van der Waals surface area (Å²) in [6.07, 6.45) is 0.728. The highest BCUT2D eigenvalue weighted by Gasteiger charge is 2.15. The van der Waals surface area contributed by atoms with Crippen molar-refractivity contribution >= 4 is 23.2 Å². The number of ether oxygens (including phenoxy) is 1. The molecule has 0 saturated heterocycles. The number of nitrogen functional groups attached to an aromatic ring is 2. The standard InChI is InChI=1S/C14H22N4O3/c1-18(9-13(19)17-4-3-5-21-2)14(20)10-6-11(15)8-12(16)7-10/h6-8H,3-5,9,15-16H2,1-2H3,(H,17,19). The highest BCUT2D eigenvalue weighted by molar-refractivity contribution is 5.97. The highest BCUT2D eigenvalue weighted by atomic mass is 16.5. The van der Waals surface area contributed by atoms with Gasteiger partial charge in [-0.1, -0.05) is 0 Å².